The third kappa shape index (κ3) is 9.11. The van der Waals surface area contributed by atoms with E-state index in [2.05, 4.69) is 0 Å². The second-order valence-electron chi connectivity index (χ2n) is 3.07. The highest BCUT2D eigenvalue weighted by Crippen LogP contribution is 2.23. The number of hydrogen-bond donors (Lipinski definition) is 0. The summed E-state index contributed by atoms with van der Waals surface area (Å²) in [7, 11) is 0. The molecule has 0 bridgehead atoms. The highest BCUT2D eigenvalue weighted by atomic mass is 19.4. The molecule has 0 aromatic carbocycles. The van der Waals surface area contributed by atoms with E-state index in [-0.39, 0.29) is 12.2 Å². The lowest BCUT2D eigenvalue weighted by Gasteiger charge is -2.05. The molecule has 0 heterocycles. The zero-order chi connectivity index (χ0) is 10.5. The minimum absolute atomic E-state index is 0.0547. The van der Waals surface area contributed by atoms with Crippen molar-refractivity contribution in [1.82, 2.24) is 0 Å². The van der Waals surface area contributed by atoms with Gasteiger partial charge in [-0.15, -0.1) is 0 Å². The molecule has 0 N–H and O–H groups in total. The van der Waals surface area contributed by atoms with Gasteiger partial charge in [-0.05, 0) is 32.8 Å². The maximum absolute atomic E-state index is 11.7. The lowest BCUT2D eigenvalue weighted by atomic mass is 10.1. The molecule has 0 atom stereocenters. The smallest absolute Gasteiger partial charge is 0.295 e. The first-order valence-electron chi connectivity index (χ1n) is 4.06. The molecule has 0 fully saturated rings. The van der Waals surface area contributed by atoms with E-state index in [1.54, 1.807) is 6.92 Å². The van der Waals surface area contributed by atoms with E-state index in [0.717, 1.165) is 0 Å². The Morgan fingerprint density at radius 3 is 2.23 bits per heavy atom. The van der Waals surface area contributed by atoms with Crippen LogP contribution >= 0.6 is 0 Å². The van der Waals surface area contributed by atoms with Gasteiger partial charge < -0.3 is 0 Å². The van der Waals surface area contributed by atoms with Crippen molar-refractivity contribution >= 4 is 5.78 Å². The SMILES string of the molecule is CC(=O)/C=C(/C)CCCC(F)(F)F. The number of halogens is 3. The van der Waals surface area contributed by atoms with E-state index in [9.17, 15) is 18.0 Å². The Bertz CT molecular complexity index is 203. The van der Waals surface area contributed by atoms with Gasteiger partial charge in [0.1, 0.15) is 0 Å². The Kier molecular flexibility index (Phi) is 4.73. The number of rotatable bonds is 4. The highest BCUT2D eigenvalue weighted by Gasteiger charge is 2.25. The van der Waals surface area contributed by atoms with Gasteiger partial charge in [-0.2, -0.15) is 13.2 Å². The number of allylic oxidation sites excluding steroid dienone is 2. The van der Waals surface area contributed by atoms with Gasteiger partial charge in [0.2, 0.25) is 0 Å². The molecule has 0 aliphatic rings. The van der Waals surface area contributed by atoms with Gasteiger partial charge in [-0.3, -0.25) is 4.79 Å². The zero-order valence-corrected chi connectivity index (χ0v) is 7.74. The molecule has 0 rings (SSSR count). The first kappa shape index (κ1) is 12.2. The van der Waals surface area contributed by atoms with Crippen molar-refractivity contribution in [2.24, 2.45) is 0 Å². The van der Waals surface area contributed by atoms with Crippen molar-refractivity contribution in [3.8, 4) is 0 Å². The van der Waals surface area contributed by atoms with Gasteiger partial charge in [0, 0.05) is 6.42 Å². The molecule has 0 unspecified atom stereocenters. The van der Waals surface area contributed by atoms with Gasteiger partial charge in [-0.1, -0.05) is 5.57 Å². The summed E-state index contributed by atoms with van der Waals surface area (Å²) < 4.78 is 35.0. The first-order chi connectivity index (χ1) is 5.81. The summed E-state index contributed by atoms with van der Waals surface area (Å²) in [6.45, 7) is 3.05. The Hall–Kier alpha value is -0.800. The van der Waals surface area contributed by atoms with Gasteiger partial charge in [0.05, 0.1) is 0 Å². The lowest BCUT2D eigenvalue weighted by Crippen LogP contribution is -2.06. The van der Waals surface area contributed by atoms with Crippen molar-refractivity contribution < 1.29 is 18.0 Å². The van der Waals surface area contributed by atoms with Crippen molar-refractivity contribution in [3.05, 3.63) is 11.6 Å². The molecule has 0 aliphatic carbocycles. The summed E-state index contributed by atoms with van der Waals surface area (Å²) in [5.41, 5.74) is 0.705. The first-order valence-corrected chi connectivity index (χ1v) is 4.06. The van der Waals surface area contributed by atoms with E-state index >= 15 is 0 Å². The van der Waals surface area contributed by atoms with E-state index in [4.69, 9.17) is 0 Å². The summed E-state index contributed by atoms with van der Waals surface area (Å²) in [5, 5.41) is 0. The third-order valence-electron chi connectivity index (χ3n) is 1.48. The fourth-order valence-electron chi connectivity index (χ4n) is 0.987. The molecule has 0 saturated carbocycles. The van der Waals surface area contributed by atoms with Crippen molar-refractivity contribution in [2.45, 2.75) is 39.3 Å². The van der Waals surface area contributed by atoms with Crippen LogP contribution in [0.15, 0.2) is 11.6 Å². The summed E-state index contributed by atoms with van der Waals surface area (Å²) in [4.78, 5) is 10.5. The molecule has 0 amide bonds. The normalized spacial score (nSPS) is 13.2. The number of alkyl halides is 3. The summed E-state index contributed by atoms with van der Waals surface area (Å²) in [5.74, 6) is -0.121. The van der Waals surface area contributed by atoms with Crippen LogP contribution in [0.25, 0.3) is 0 Å². The maximum Gasteiger partial charge on any atom is 0.389 e. The molecule has 0 saturated heterocycles. The fraction of sp³-hybridized carbons (Fsp3) is 0.667. The number of ketones is 1. The van der Waals surface area contributed by atoms with Crippen molar-refractivity contribution in [1.29, 1.82) is 0 Å². The Morgan fingerprint density at radius 1 is 1.31 bits per heavy atom. The molecule has 0 aromatic rings. The van der Waals surface area contributed by atoms with Gasteiger partial charge in [-0.25, -0.2) is 0 Å². The Labute approximate surface area is 75.6 Å². The molecule has 4 heteroatoms. The average Bonchev–Trinajstić information content (AvgIpc) is 1.81. The van der Waals surface area contributed by atoms with Crippen molar-refractivity contribution in [2.75, 3.05) is 0 Å². The van der Waals surface area contributed by atoms with Crippen LogP contribution in [0.2, 0.25) is 0 Å². The summed E-state index contributed by atoms with van der Waals surface area (Å²) >= 11 is 0. The predicted molar refractivity (Wildman–Crippen MR) is 44.3 cm³/mol. The predicted octanol–water partition coefficient (Wildman–Crippen LogP) is 3.25. The number of carbonyl (C=O) groups excluding carboxylic acids is 1. The molecule has 0 radical (unpaired) electrons. The Morgan fingerprint density at radius 2 is 1.85 bits per heavy atom. The highest BCUT2D eigenvalue weighted by molar-refractivity contribution is 5.87. The van der Waals surface area contributed by atoms with Gasteiger partial charge in [0.15, 0.2) is 5.78 Å². The minimum atomic E-state index is -4.09. The summed E-state index contributed by atoms with van der Waals surface area (Å²) in [6, 6.07) is 0. The quantitative estimate of drug-likeness (QED) is 0.628. The molecule has 0 aromatic heterocycles. The van der Waals surface area contributed by atoms with E-state index in [1.807, 2.05) is 0 Å². The fourth-order valence-corrected chi connectivity index (χ4v) is 0.987. The van der Waals surface area contributed by atoms with E-state index in [0.29, 0.717) is 12.0 Å². The second kappa shape index (κ2) is 5.04. The minimum Gasteiger partial charge on any atom is -0.295 e. The molecular formula is C9H13F3O. The molecule has 13 heavy (non-hydrogen) atoms. The van der Waals surface area contributed by atoms with E-state index in [1.165, 1.54) is 13.0 Å². The van der Waals surface area contributed by atoms with Crippen LogP contribution in [0.1, 0.15) is 33.1 Å². The third-order valence-corrected chi connectivity index (χ3v) is 1.48. The van der Waals surface area contributed by atoms with Crippen LogP contribution in [-0.4, -0.2) is 12.0 Å². The van der Waals surface area contributed by atoms with Gasteiger partial charge >= 0.3 is 6.18 Å². The summed E-state index contributed by atoms with van der Waals surface area (Å²) in [6.07, 6.45) is -3.11. The van der Waals surface area contributed by atoms with Gasteiger partial charge in [0.25, 0.3) is 0 Å². The van der Waals surface area contributed by atoms with Crippen molar-refractivity contribution in [3.63, 3.8) is 0 Å². The topological polar surface area (TPSA) is 17.1 Å². The molecule has 0 aliphatic heterocycles. The average molecular weight is 194 g/mol. The maximum atomic E-state index is 11.7. The molecule has 1 nitrogen and oxygen atoms in total. The zero-order valence-electron chi connectivity index (χ0n) is 7.74. The monoisotopic (exact) mass is 194 g/mol. The van der Waals surface area contributed by atoms with Crippen LogP contribution in [0.4, 0.5) is 13.2 Å². The van der Waals surface area contributed by atoms with Crippen LogP contribution in [0.5, 0.6) is 0 Å². The number of carbonyl (C=O) groups is 1. The standard InChI is InChI=1S/C9H13F3O/c1-7(6-8(2)13)4-3-5-9(10,11)12/h6H,3-5H2,1-2H3/b7-6-. The lowest BCUT2D eigenvalue weighted by molar-refractivity contribution is -0.135. The number of hydrogen-bond acceptors (Lipinski definition) is 1. The van der Waals surface area contributed by atoms with Crippen LogP contribution in [0, 0.1) is 0 Å². The van der Waals surface area contributed by atoms with Crippen LogP contribution in [-0.2, 0) is 4.79 Å². The molecule has 76 valence electrons. The van der Waals surface area contributed by atoms with Crippen LogP contribution < -0.4 is 0 Å². The second-order valence-corrected chi connectivity index (χ2v) is 3.07. The van der Waals surface area contributed by atoms with E-state index < -0.39 is 12.6 Å². The Balaban J connectivity index is 3.72. The van der Waals surface area contributed by atoms with Crippen LogP contribution in [0.3, 0.4) is 0 Å². The molecular weight excluding hydrogens is 181 g/mol. The largest absolute Gasteiger partial charge is 0.389 e. The molecule has 0 spiro atoms.